The summed E-state index contributed by atoms with van der Waals surface area (Å²) < 4.78 is 0. The van der Waals surface area contributed by atoms with Crippen LogP contribution in [0.25, 0.3) is 0 Å². The Bertz CT molecular complexity index is 227. The lowest BCUT2D eigenvalue weighted by Gasteiger charge is -2.23. The van der Waals surface area contributed by atoms with Gasteiger partial charge in [0, 0.05) is 11.6 Å². The van der Waals surface area contributed by atoms with Crippen LogP contribution < -0.4 is 10.6 Å². The molecule has 94 valence electrons. The Morgan fingerprint density at radius 3 is 2.38 bits per heavy atom. The molecule has 0 aromatic heterocycles. The van der Waals surface area contributed by atoms with Gasteiger partial charge in [0.2, 0.25) is 5.91 Å². The lowest BCUT2D eigenvalue weighted by atomic mass is 10.00. The number of amides is 1. The predicted molar refractivity (Wildman–Crippen MR) is 67.3 cm³/mol. The average molecular weight is 226 g/mol. The lowest BCUT2D eigenvalue weighted by Crippen LogP contribution is -2.47. The highest BCUT2D eigenvalue weighted by atomic mass is 16.2. The van der Waals surface area contributed by atoms with Gasteiger partial charge in [0.05, 0.1) is 6.54 Å². The molecule has 0 saturated heterocycles. The highest BCUT2D eigenvalue weighted by Crippen LogP contribution is 2.27. The number of carbonyl (C=O) groups excluding carboxylic acids is 1. The normalized spacial score (nSPS) is 19.8. The van der Waals surface area contributed by atoms with E-state index in [9.17, 15) is 4.79 Å². The van der Waals surface area contributed by atoms with Crippen LogP contribution in [0.4, 0.5) is 0 Å². The van der Waals surface area contributed by atoms with Gasteiger partial charge in [0.15, 0.2) is 0 Å². The van der Waals surface area contributed by atoms with E-state index in [0.717, 1.165) is 5.92 Å². The van der Waals surface area contributed by atoms with Crippen LogP contribution in [-0.4, -0.2) is 24.0 Å². The van der Waals surface area contributed by atoms with Gasteiger partial charge in [-0.25, -0.2) is 0 Å². The first-order valence-electron chi connectivity index (χ1n) is 6.43. The standard InChI is InChI=1S/C13H26N2O/c1-10(11-7-5-6-8-11)14-9-12(16)15-13(2,3)4/h10-11,14H,5-9H2,1-4H3,(H,15,16)/t10-/m0/s1. The van der Waals surface area contributed by atoms with Crippen LogP contribution in [0.1, 0.15) is 53.4 Å². The molecule has 16 heavy (non-hydrogen) atoms. The van der Waals surface area contributed by atoms with Crippen molar-refractivity contribution in [2.24, 2.45) is 5.92 Å². The van der Waals surface area contributed by atoms with E-state index in [1.807, 2.05) is 20.8 Å². The molecule has 1 atom stereocenters. The van der Waals surface area contributed by atoms with E-state index in [1.165, 1.54) is 25.7 Å². The van der Waals surface area contributed by atoms with Gasteiger partial charge in [-0.15, -0.1) is 0 Å². The fraction of sp³-hybridized carbons (Fsp3) is 0.923. The molecule has 0 unspecified atom stereocenters. The number of nitrogens with one attached hydrogen (secondary N) is 2. The number of rotatable bonds is 4. The maximum atomic E-state index is 11.6. The molecule has 1 amide bonds. The molecule has 0 bridgehead atoms. The molecule has 2 N–H and O–H groups in total. The van der Waals surface area contributed by atoms with Gasteiger partial charge in [-0.2, -0.15) is 0 Å². The molecule has 3 nitrogen and oxygen atoms in total. The molecule has 0 aromatic rings. The summed E-state index contributed by atoms with van der Waals surface area (Å²) in [6, 6.07) is 0.466. The minimum absolute atomic E-state index is 0.0948. The van der Waals surface area contributed by atoms with E-state index in [-0.39, 0.29) is 11.4 Å². The Morgan fingerprint density at radius 2 is 1.88 bits per heavy atom. The minimum Gasteiger partial charge on any atom is -0.350 e. The van der Waals surface area contributed by atoms with Crippen molar-refractivity contribution in [3.63, 3.8) is 0 Å². The van der Waals surface area contributed by atoms with Gasteiger partial charge in [0.25, 0.3) is 0 Å². The first-order chi connectivity index (χ1) is 7.38. The fourth-order valence-corrected chi connectivity index (χ4v) is 2.34. The van der Waals surface area contributed by atoms with Crippen LogP contribution >= 0.6 is 0 Å². The molecule has 1 aliphatic rings. The first-order valence-corrected chi connectivity index (χ1v) is 6.43. The third-order valence-corrected chi connectivity index (χ3v) is 3.21. The predicted octanol–water partition coefficient (Wildman–Crippen LogP) is 2.07. The van der Waals surface area contributed by atoms with Gasteiger partial charge in [-0.1, -0.05) is 12.8 Å². The summed E-state index contributed by atoms with van der Waals surface area (Å²) in [5, 5.41) is 6.30. The van der Waals surface area contributed by atoms with Crippen LogP contribution in [0.5, 0.6) is 0 Å². The summed E-state index contributed by atoms with van der Waals surface area (Å²) in [6.07, 6.45) is 5.33. The lowest BCUT2D eigenvalue weighted by molar-refractivity contribution is -0.121. The average Bonchev–Trinajstić information content (AvgIpc) is 2.64. The van der Waals surface area contributed by atoms with Gasteiger partial charge >= 0.3 is 0 Å². The summed E-state index contributed by atoms with van der Waals surface area (Å²) in [5.41, 5.74) is -0.130. The third-order valence-electron chi connectivity index (χ3n) is 3.21. The second-order valence-electron chi connectivity index (χ2n) is 6.01. The molecule has 1 saturated carbocycles. The van der Waals surface area contributed by atoms with E-state index < -0.39 is 0 Å². The van der Waals surface area contributed by atoms with E-state index in [0.29, 0.717) is 12.6 Å². The molecular weight excluding hydrogens is 200 g/mol. The SMILES string of the molecule is C[C@H](NCC(=O)NC(C)(C)C)C1CCCC1. The van der Waals surface area contributed by atoms with E-state index in [1.54, 1.807) is 0 Å². The van der Waals surface area contributed by atoms with Crippen molar-refractivity contribution in [1.29, 1.82) is 0 Å². The number of hydrogen-bond donors (Lipinski definition) is 2. The van der Waals surface area contributed by atoms with Crippen molar-refractivity contribution in [2.45, 2.75) is 65.0 Å². The monoisotopic (exact) mass is 226 g/mol. The smallest absolute Gasteiger partial charge is 0.234 e. The van der Waals surface area contributed by atoms with Gasteiger partial charge in [-0.05, 0) is 46.5 Å². The molecule has 0 spiro atoms. The Kier molecular flexibility index (Phi) is 4.78. The summed E-state index contributed by atoms with van der Waals surface area (Å²) in [4.78, 5) is 11.6. The molecule has 0 radical (unpaired) electrons. The summed E-state index contributed by atoms with van der Waals surface area (Å²) in [6.45, 7) is 8.65. The zero-order valence-corrected chi connectivity index (χ0v) is 11.1. The molecule has 1 fully saturated rings. The zero-order valence-electron chi connectivity index (χ0n) is 11.1. The minimum atomic E-state index is -0.130. The number of hydrogen-bond acceptors (Lipinski definition) is 2. The highest BCUT2D eigenvalue weighted by molar-refractivity contribution is 5.78. The highest BCUT2D eigenvalue weighted by Gasteiger charge is 2.22. The summed E-state index contributed by atoms with van der Waals surface area (Å²) in [5.74, 6) is 0.861. The van der Waals surface area contributed by atoms with Crippen LogP contribution in [0, 0.1) is 5.92 Å². The Morgan fingerprint density at radius 1 is 1.31 bits per heavy atom. The summed E-state index contributed by atoms with van der Waals surface area (Å²) in [7, 11) is 0. The molecule has 3 heteroatoms. The number of carbonyl (C=O) groups is 1. The van der Waals surface area contributed by atoms with E-state index in [4.69, 9.17) is 0 Å². The third kappa shape index (κ3) is 4.97. The molecule has 0 aliphatic heterocycles. The van der Waals surface area contributed by atoms with Crippen LogP contribution in [0.15, 0.2) is 0 Å². The molecule has 0 aromatic carbocycles. The Labute approximate surface area is 99.4 Å². The van der Waals surface area contributed by atoms with Crippen molar-refractivity contribution in [3.8, 4) is 0 Å². The van der Waals surface area contributed by atoms with Crippen LogP contribution in [0.2, 0.25) is 0 Å². The largest absolute Gasteiger partial charge is 0.350 e. The Balaban J connectivity index is 2.20. The van der Waals surface area contributed by atoms with Crippen molar-refractivity contribution in [2.75, 3.05) is 6.54 Å². The molecule has 1 aliphatic carbocycles. The quantitative estimate of drug-likeness (QED) is 0.770. The summed E-state index contributed by atoms with van der Waals surface area (Å²) >= 11 is 0. The van der Waals surface area contributed by atoms with Crippen molar-refractivity contribution in [3.05, 3.63) is 0 Å². The molecule has 1 rings (SSSR count). The fourth-order valence-electron chi connectivity index (χ4n) is 2.34. The topological polar surface area (TPSA) is 41.1 Å². The first kappa shape index (κ1) is 13.5. The second-order valence-corrected chi connectivity index (χ2v) is 6.01. The van der Waals surface area contributed by atoms with E-state index in [2.05, 4.69) is 17.6 Å². The van der Waals surface area contributed by atoms with Crippen LogP contribution in [0.3, 0.4) is 0 Å². The van der Waals surface area contributed by atoms with Crippen molar-refractivity contribution < 1.29 is 4.79 Å². The second kappa shape index (κ2) is 5.67. The van der Waals surface area contributed by atoms with Gasteiger partial charge in [0.1, 0.15) is 0 Å². The molecular formula is C13H26N2O. The van der Waals surface area contributed by atoms with Gasteiger partial charge < -0.3 is 10.6 Å². The van der Waals surface area contributed by atoms with Crippen LogP contribution in [-0.2, 0) is 4.79 Å². The van der Waals surface area contributed by atoms with Gasteiger partial charge in [-0.3, -0.25) is 4.79 Å². The maximum Gasteiger partial charge on any atom is 0.234 e. The maximum absolute atomic E-state index is 11.6. The van der Waals surface area contributed by atoms with Crippen molar-refractivity contribution in [1.82, 2.24) is 10.6 Å². The van der Waals surface area contributed by atoms with Crippen molar-refractivity contribution >= 4 is 5.91 Å². The Hall–Kier alpha value is -0.570. The molecule has 0 heterocycles. The zero-order chi connectivity index (χ0) is 12.2. The van der Waals surface area contributed by atoms with E-state index >= 15 is 0 Å².